The fourth-order valence-corrected chi connectivity index (χ4v) is 5.39. The number of carbonyl (C=O) groups excluding carboxylic acids is 2. The van der Waals surface area contributed by atoms with Crippen LogP contribution in [0.1, 0.15) is 50.6 Å². The van der Waals surface area contributed by atoms with Gasteiger partial charge in [-0.1, -0.05) is 44.2 Å². The number of hydrogen-bond acceptors (Lipinski definition) is 7. The molecular weight excluding hydrogens is 486 g/mol. The number of Topliss-reactive ketones (excluding diaryl/α,β-unsaturated/α-hetero) is 1. The lowest BCUT2D eigenvalue weighted by Crippen LogP contribution is -2.29. The van der Waals surface area contributed by atoms with Crippen LogP contribution in [0.4, 0.5) is 5.13 Å². The number of fused-ring (bicyclic) bond motifs is 1. The van der Waals surface area contributed by atoms with Crippen molar-refractivity contribution >= 4 is 44.1 Å². The number of rotatable bonds is 5. The third kappa shape index (κ3) is 4.49. The van der Waals surface area contributed by atoms with Gasteiger partial charge in [0.2, 0.25) is 0 Å². The predicted octanol–water partition coefficient (Wildman–Crippen LogP) is 6.01. The summed E-state index contributed by atoms with van der Waals surface area (Å²) in [5, 5.41) is 11.7. The second-order valence-corrected chi connectivity index (χ2v) is 10.8. The number of carbonyl (C=O) groups is 2. The van der Waals surface area contributed by atoms with Gasteiger partial charge in [-0.3, -0.25) is 19.5 Å². The van der Waals surface area contributed by atoms with Crippen molar-refractivity contribution in [2.45, 2.75) is 39.2 Å². The number of anilines is 1. The zero-order valence-corrected chi connectivity index (χ0v) is 21.9. The summed E-state index contributed by atoms with van der Waals surface area (Å²) in [5.41, 5.74) is 2.68. The third-order valence-corrected chi connectivity index (χ3v) is 7.32. The molecule has 188 valence electrons. The van der Waals surface area contributed by atoms with Gasteiger partial charge in [-0.25, -0.2) is 4.98 Å². The first-order valence-corrected chi connectivity index (χ1v) is 12.9. The number of aromatic nitrogens is 2. The Morgan fingerprint density at radius 1 is 1.08 bits per heavy atom. The molecule has 1 saturated heterocycles. The van der Waals surface area contributed by atoms with Crippen LogP contribution in [-0.4, -0.2) is 33.4 Å². The summed E-state index contributed by atoms with van der Waals surface area (Å²) in [6.45, 7) is 8.80. The van der Waals surface area contributed by atoms with E-state index in [1.54, 1.807) is 48.7 Å². The average Bonchev–Trinajstić information content (AvgIpc) is 3.42. The zero-order valence-electron chi connectivity index (χ0n) is 21.1. The van der Waals surface area contributed by atoms with Gasteiger partial charge in [0.05, 0.1) is 28.1 Å². The molecule has 0 spiro atoms. The Bertz CT molecular complexity index is 1520. The summed E-state index contributed by atoms with van der Waals surface area (Å²) in [4.78, 5) is 37.3. The van der Waals surface area contributed by atoms with Gasteiger partial charge >= 0.3 is 5.91 Å². The number of ketones is 1. The maximum atomic E-state index is 13.4. The summed E-state index contributed by atoms with van der Waals surface area (Å²) in [5.74, 6) is -1.16. The molecule has 1 amide bonds. The van der Waals surface area contributed by atoms with Crippen LogP contribution in [0.3, 0.4) is 0 Å². The van der Waals surface area contributed by atoms with Crippen LogP contribution in [0.25, 0.3) is 16.0 Å². The molecule has 0 radical (unpaired) electrons. The number of ether oxygens (including phenoxy) is 1. The lowest BCUT2D eigenvalue weighted by Gasteiger charge is -2.22. The standard InChI is InChI=1S/C29H27N3O4S/c1-5-36-19-12-9-17(10-13-19)25(33)23-24(21-8-6-7-15-30-21)32(27(35)26(23)34)28-31-20-14-11-18(29(2,3)4)16-22(20)37-28/h6-16,24,33H,5H2,1-4H3/b25-23+. The van der Waals surface area contributed by atoms with E-state index in [1.165, 1.54) is 16.2 Å². The molecule has 0 bridgehead atoms. The Balaban J connectivity index is 1.65. The summed E-state index contributed by atoms with van der Waals surface area (Å²) in [6.07, 6.45) is 1.60. The first kappa shape index (κ1) is 24.6. The Kier molecular flexibility index (Phi) is 6.29. The molecule has 2 aromatic heterocycles. The zero-order chi connectivity index (χ0) is 26.3. The van der Waals surface area contributed by atoms with Gasteiger partial charge < -0.3 is 9.84 Å². The molecule has 4 aromatic rings. The molecule has 2 aromatic carbocycles. The summed E-state index contributed by atoms with van der Waals surface area (Å²) in [7, 11) is 0. The number of thiazole rings is 1. The van der Waals surface area contributed by atoms with Gasteiger partial charge in [-0.05, 0) is 66.4 Å². The van der Waals surface area contributed by atoms with E-state index in [-0.39, 0.29) is 16.7 Å². The van der Waals surface area contributed by atoms with Crippen molar-refractivity contribution in [1.29, 1.82) is 0 Å². The van der Waals surface area contributed by atoms with Crippen molar-refractivity contribution < 1.29 is 19.4 Å². The molecule has 3 heterocycles. The summed E-state index contributed by atoms with van der Waals surface area (Å²) < 4.78 is 6.40. The van der Waals surface area contributed by atoms with E-state index >= 15 is 0 Å². The molecule has 0 saturated carbocycles. The van der Waals surface area contributed by atoms with Gasteiger partial charge in [0, 0.05) is 11.8 Å². The first-order valence-electron chi connectivity index (χ1n) is 12.0. The van der Waals surface area contributed by atoms with Crippen molar-refractivity contribution in [3.63, 3.8) is 0 Å². The maximum absolute atomic E-state index is 13.4. The van der Waals surface area contributed by atoms with Crippen molar-refractivity contribution in [3.8, 4) is 5.75 Å². The van der Waals surface area contributed by atoms with Gasteiger partial charge in [-0.2, -0.15) is 0 Å². The molecule has 8 heteroatoms. The normalized spacial score (nSPS) is 17.5. The Hall–Kier alpha value is -4.04. The van der Waals surface area contributed by atoms with E-state index < -0.39 is 17.7 Å². The topological polar surface area (TPSA) is 92.6 Å². The van der Waals surface area contributed by atoms with Gasteiger partial charge in [0.1, 0.15) is 17.6 Å². The summed E-state index contributed by atoms with van der Waals surface area (Å²) >= 11 is 1.34. The van der Waals surface area contributed by atoms with E-state index in [1.807, 2.05) is 19.1 Å². The molecule has 1 fully saturated rings. The largest absolute Gasteiger partial charge is 0.507 e. The van der Waals surface area contributed by atoms with Gasteiger partial charge in [-0.15, -0.1) is 0 Å². The minimum Gasteiger partial charge on any atom is -0.507 e. The second-order valence-electron chi connectivity index (χ2n) is 9.81. The number of amides is 1. The van der Waals surface area contributed by atoms with E-state index in [0.29, 0.717) is 28.7 Å². The van der Waals surface area contributed by atoms with Gasteiger partial charge in [0.25, 0.3) is 5.78 Å². The van der Waals surface area contributed by atoms with Crippen molar-refractivity contribution in [1.82, 2.24) is 9.97 Å². The number of aliphatic hydroxyl groups is 1. The second kappa shape index (κ2) is 9.44. The lowest BCUT2D eigenvalue weighted by atomic mass is 9.87. The molecule has 7 nitrogen and oxygen atoms in total. The minimum absolute atomic E-state index is 0.0255. The average molecular weight is 514 g/mol. The van der Waals surface area contributed by atoms with Crippen LogP contribution < -0.4 is 9.64 Å². The monoisotopic (exact) mass is 513 g/mol. The van der Waals surface area contributed by atoms with E-state index in [0.717, 1.165) is 15.8 Å². The quantitative estimate of drug-likeness (QED) is 0.199. The van der Waals surface area contributed by atoms with Crippen molar-refractivity contribution in [2.75, 3.05) is 11.5 Å². The number of aliphatic hydroxyl groups excluding tert-OH is 1. The van der Waals surface area contributed by atoms with E-state index in [2.05, 4.69) is 31.8 Å². The van der Waals surface area contributed by atoms with Crippen LogP contribution in [0.2, 0.25) is 0 Å². The molecular formula is C29H27N3O4S. The fraction of sp³-hybridized carbons (Fsp3) is 0.241. The maximum Gasteiger partial charge on any atom is 0.301 e. The highest BCUT2D eigenvalue weighted by Crippen LogP contribution is 2.44. The minimum atomic E-state index is -0.921. The summed E-state index contributed by atoms with van der Waals surface area (Å²) in [6, 6.07) is 17.1. The van der Waals surface area contributed by atoms with Gasteiger partial charge in [0.15, 0.2) is 5.13 Å². The Morgan fingerprint density at radius 2 is 1.84 bits per heavy atom. The molecule has 1 atom stereocenters. The van der Waals surface area contributed by atoms with Crippen LogP contribution in [0.15, 0.2) is 72.4 Å². The highest BCUT2D eigenvalue weighted by Gasteiger charge is 2.48. The van der Waals surface area contributed by atoms with Crippen LogP contribution in [-0.2, 0) is 15.0 Å². The molecule has 1 aliphatic rings. The molecule has 5 rings (SSSR count). The van der Waals surface area contributed by atoms with Crippen LogP contribution in [0.5, 0.6) is 5.75 Å². The fourth-order valence-electron chi connectivity index (χ4n) is 4.36. The van der Waals surface area contributed by atoms with Crippen LogP contribution in [0, 0.1) is 0 Å². The van der Waals surface area contributed by atoms with Crippen molar-refractivity contribution in [3.05, 3.63) is 89.3 Å². The lowest BCUT2D eigenvalue weighted by molar-refractivity contribution is -0.132. The number of benzene rings is 2. The number of pyridine rings is 1. The highest BCUT2D eigenvalue weighted by molar-refractivity contribution is 7.22. The smallest absolute Gasteiger partial charge is 0.301 e. The third-order valence-electron chi connectivity index (χ3n) is 6.30. The Morgan fingerprint density at radius 3 is 2.49 bits per heavy atom. The highest BCUT2D eigenvalue weighted by atomic mass is 32.1. The van der Waals surface area contributed by atoms with Crippen molar-refractivity contribution in [2.24, 2.45) is 0 Å². The number of nitrogens with zero attached hydrogens (tertiary/aromatic N) is 3. The predicted molar refractivity (Wildman–Crippen MR) is 145 cm³/mol. The van der Waals surface area contributed by atoms with E-state index in [9.17, 15) is 14.7 Å². The SMILES string of the molecule is CCOc1ccc(/C(O)=C2\C(=O)C(=O)N(c3nc4ccc(C(C)(C)C)cc4s3)C2c2ccccn2)cc1. The number of hydrogen-bond donors (Lipinski definition) is 1. The molecule has 0 aliphatic carbocycles. The Labute approximate surface area is 219 Å². The first-order chi connectivity index (χ1) is 17.7. The van der Waals surface area contributed by atoms with E-state index in [4.69, 9.17) is 9.72 Å². The molecule has 1 unspecified atom stereocenters. The van der Waals surface area contributed by atoms with Crippen LogP contribution >= 0.6 is 11.3 Å². The molecule has 1 N–H and O–H groups in total. The molecule has 1 aliphatic heterocycles. The molecule has 37 heavy (non-hydrogen) atoms.